The molecule has 0 aromatic carbocycles. The minimum absolute atomic E-state index is 0.0803. The minimum Gasteiger partial charge on any atom is -0.352 e. The molecule has 0 heterocycles. The van der Waals surface area contributed by atoms with Gasteiger partial charge in [-0.25, -0.2) is 0 Å². The molecule has 1 fully saturated rings. The van der Waals surface area contributed by atoms with E-state index in [4.69, 9.17) is 9.47 Å². The Morgan fingerprint density at radius 3 is 2.19 bits per heavy atom. The van der Waals surface area contributed by atoms with Crippen molar-refractivity contribution in [3.8, 4) is 0 Å². The van der Waals surface area contributed by atoms with Crippen molar-refractivity contribution in [1.29, 1.82) is 0 Å². The SMILES string of the molecule is CCOC(CNC(CC)CC1CC1)OCC. The maximum Gasteiger partial charge on any atom is 0.169 e. The van der Waals surface area contributed by atoms with Crippen molar-refractivity contribution in [3.63, 3.8) is 0 Å². The molecule has 1 aliphatic carbocycles. The fourth-order valence-corrected chi connectivity index (χ4v) is 1.95. The predicted molar refractivity (Wildman–Crippen MR) is 66.5 cm³/mol. The third-order valence-electron chi connectivity index (χ3n) is 3.09. The number of hydrogen-bond acceptors (Lipinski definition) is 3. The van der Waals surface area contributed by atoms with Gasteiger partial charge in [0, 0.05) is 25.8 Å². The standard InChI is InChI=1S/C13H27NO2/c1-4-12(9-11-7-8-11)14-10-13(15-5-2)16-6-3/h11-14H,4-10H2,1-3H3. The third kappa shape index (κ3) is 5.83. The third-order valence-corrected chi connectivity index (χ3v) is 3.09. The fourth-order valence-electron chi connectivity index (χ4n) is 1.95. The molecule has 1 rings (SSSR count). The van der Waals surface area contributed by atoms with E-state index >= 15 is 0 Å². The van der Waals surface area contributed by atoms with Crippen LogP contribution in [0.3, 0.4) is 0 Å². The Bertz CT molecular complexity index is 163. The minimum atomic E-state index is -0.0803. The van der Waals surface area contributed by atoms with E-state index in [0.717, 1.165) is 12.5 Å². The molecule has 1 aliphatic rings. The highest BCUT2D eigenvalue weighted by Crippen LogP contribution is 2.33. The van der Waals surface area contributed by atoms with Crippen molar-refractivity contribution >= 4 is 0 Å². The second-order valence-electron chi connectivity index (χ2n) is 4.53. The lowest BCUT2D eigenvalue weighted by Gasteiger charge is -2.22. The van der Waals surface area contributed by atoms with Crippen molar-refractivity contribution in [3.05, 3.63) is 0 Å². The Hall–Kier alpha value is -0.120. The van der Waals surface area contributed by atoms with Crippen molar-refractivity contribution in [2.75, 3.05) is 19.8 Å². The molecule has 0 aromatic heterocycles. The summed E-state index contributed by atoms with van der Waals surface area (Å²) in [4.78, 5) is 0. The molecule has 0 radical (unpaired) electrons. The molecule has 1 N–H and O–H groups in total. The molecule has 0 spiro atoms. The van der Waals surface area contributed by atoms with E-state index in [2.05, 4.69) is 12.2 Å². The van der Waals surface area contributed by atoms with Gasteiger partial charge in [0.15, 0.2) is 6.29 Å². The monoisotopic (exact) mass is 229 g/mol. The van der Waals surface area contributed by atoms with Gasteiger partial charge in [-0.3, -0.25) is 0 Å². The zero-order valence-electron chi connectivity index (χ0n) is 11.0. The molecule has 0 amide bonds. The van der Waals surface area contributed by atoms with Gasteiger partial charge in [-0.2, -0.15) is 0 Å². The van der Waals surface area contributed by atoms with Crippen molar-refractivity contribution in [1.82, 2.24) is 5.32 Å². The molecular weight excluding hydrogens is 202 g/mol. The van der Waals surface area contributed by atoms with Crippen molar-refractivity contribution in [2.24, 2.45) is 5.92 Å². The maximum atomic E-state index is 5.51. The first-order valence-corrected chi connectivity index (χ1v) is 6.76. The summed E-state index contributed by atoms with van der Waals surface area (Å²) < 4.78 is 11.0. The zero-order valence-corrected chi connectivity index (χ0v) is 11.0. The van der Waals surface area contributed by atoms with Crippen LogP contribution in [-0.2, 0) is 9.47 Å². The molecule has 0 bridgehead atoms. The quantitative estimate of drug-likeness (QED) is 0.584. The maximum absolute atomic E-state index is 5.51. The van der Waals surface area contributed by atoms with Gasteiger partial charge in [-0.1, -0.05) is 19.8 Å². The summed E-state index contributed by atoms with van der Waals surface area (Å²) in [6.07, 6.45) is 5.29. The number of ether oxygens (including phenoxy) is 2. The van der Waals surface area contributed by atoms with Gasteiger partial charge in [0.2, 0.25) is 0 Å². The van der Waals surface area contributed by atoms with E-state index in [1.54, 1.807) is 0 Å². The second kappa shape index (κ2) is 8.04. The Kier molecular flexibility index (Phi) is 7.01. The van der Waals surface area contributed by atoms with Gasteiger partial charge in [0.05, 0.1) is 0 Å². The molecule has 16 heavy (non-hydrogen) atoms. The fraction of sp³-hybridized carbons (Fsp3) is 1.00. The summed E-state index contributed by atoms with van der Waals surface area (Å²) in [5, 5.41) is 3.56. The zero-order chi connectivity index (χ0) is 11.8. The van der Waals surface area contributed by atoms with E-state index in [0.29, 0.717) is 19.3 Å². The number of rotatable bonds is 10. The van der Waals surface area contributed by atoms with E-state index in [1.807, 2.05) is 13.8 Å². The Morgan fingerprint density at radius 2 is 1.75 bits per heavy atom. The molecule has 3 heteroatoms. The lowest BCUT2D eigenvalue weighted by Crippen LogP contribution is -2.38. The molecular formula is C13H27NO2. The van der Waals surface area contributed by atoms with Gasteiger partial charge in [-0.05, 0) is 32.6 Å². The average Bonchev–Trinajstić information content (AvgIpc) is 3.08. The van der Waals surface area contributed by atoms with Crippen molar-refractivity contribution < 1.29 is 9.47 Å². The van der Waals surface area contributed by atoms with E-state index in [-0.39, 0.29) is 6.29 Å². The Morgan fingerprint density at radius 1 is 1.12 bits per heavy atom. The van der Waals surface area contributed by atoms with Crippen LogP contribution in [-0.4, -0.2) is 32.1 Å². The van der Waals surface area contributed by atoms with E-state index < -0.39 is 0 Å². The van der Waals surface area contributed by atoms with Crippen LogP contribution in [0.25, 0.3) is 0 Å². The van der Waals surface area contributed by atoms with Crippen LogP contribution < -0.4 is 5.32 Å². The summed E-state index contributed by atoms with van der Waals surface area (Å²) in [7, 11) is 0. The summed E-state index contributed by atoms with van der Waals surface area (Å²) in [5.41, 5.74) is 0. The molecule has 0 aliphatic heterocycles. The number of nitrogens with one attached hydrogen (secondary N) is 1. The van der Waals surface area contributed by atoms with Gasteiger partial charge >= 0.3 is 0 Å². The van der Waals surface area contributed by atoms with Gasteiger partial charge in [-0.15, -0.1) is 0 Å². The average molecular weight is 229 g/mol. The number of hydrogen-bond donors (Lipinski definition) is 1. The summed E-state index contributed by atoms with van der Waals surface area (Å²) in [6, 6.07) is 0.635. The molecule has 0 saturated heterocycles. The van der Waals surface area contributed by atoms with Crippen LogP contribution >= 0.6 is 0 Å². The highest BCUT2D eigenvalue weighted by atomic mass is 16.7. The normalized spacial score (nSPS) is 18.0. The van der Waals surface area contributed by atoms with Crippen LogP contribution in [0.5, 0.6) is 0 Å². The Labute approximate surface area is 99.9 Å². The first-order chi connectivity index (χ1) is 7.80. The Balaban J connectivity index is 2.16. The first kappa shape index (κ1) is 13.9. The van der Waals surface area contributed by atoms with Gasteiger partial charge < -0.3 is 14.8 Å². The van der Waals surface area contributed by atoms with Gasteiger partial charge in [0.1, 0.15) is 0 Å². The highest BCUT2D eigenvalue weighted by molar-refractivity contribution is 4.79. The highest BCUT2D eigenvalue weighted by Gasteiger charge is 2.24. The lowest BCUT2D eigenvalue weighted by atomic mass is 10.1. The second-order valence-corrected chi connectivity index (χ2v) is 4.53. The van der Waals surface area contributed by atoms with Crippen LogP contribution in [0.4, 0.5) is 0 Å². The topological polar surface area (TPSA) is 30.5 Å². The largest absolute Gasteiger partial charge is 0.352 e. The molecule has 0 aromatic rings. The molecule has 1 atom stereocenters. The van der Waals surface area contributed by atoms with Crippen LogP contribution in [0.2, 0.25) is 0 Å². The smallest absolute Gasteiger partial charge is 0.169 e. The van der Waals surface area contributed by atoms with E-state index in [9.17, 15) is 0 Å². The van der Waals surface area contributed by atoms with Gasteiger partial charge in [0.25, 0.3) is 0 Å². The molecule has 96 valence electrons. The molecule has 1 saturated carbocycles. The van der Waals surface area contributed by atoms with Crippen LogP contribution in [0.15, 0.2) is 0 Å². The summed E-state index contributed by atoms with van der Waals surface area (Å²) in [6.45, 7) is 8.50. The molecule has 1 unspecified atom stereocenters. The van der Waals surface area contributed by atoms with Crippen LogP contribution in [0.1, 0.15) is 46.5 Å². The molecule has 3 nitrogen and oxygen atoms in total. The predicted octanol–water partition coefficient (Wildman–Crippen LogP) is 2.55. The summed E-state index contributed by atoms with van der Waals surface area (Å²) >= 11 is 0. The van der Waals surface area contributed by atoms with E-state index in [1.165, 1.54) is 25.7 Å². The first-order valence-electron chi connectivity index (χ1n) is 6.76. The van der Waals surface area contributed by atoms with Crippen LogP contribution in [0, 0.1) is 5.92 Å². The van der Waals surface area contributed by atoms with Crippen molar-refractivity contribution in [2.45, 2.75) is 58.8 Å². The lowest BCUT2D eigenvalue weighted by molar-refractivity contribution is -0.133. The summed E-state index contributed by atoms with van der Waals surface area (Å²) in [5.74, 6) is 0.982.